The number of carbonyl (C=O) groups is 1. The van der Waals surface area contributed by atoms with E-state index in [0.29, 0.717) is 5.69 Å². The second-order valence-corrected chi connectivity index (χ2v) is 6.34. The van der Waals surface area contributed by atoms with E-state index >= 15 is 0 Å². The van der Waals surface area contributed by atoms with Crippen molar-refractivity contribution in [2.75, 3.05) is 17.2 Å². The number of hydrogen-bond donors (Lipinski definition) is 2. The Morgan fingerprint density at radius 3 is 2.74 bits per heavy atom. The molecule has 5 heteroatoms. The molecule has 0 saturated carbocycles. The Kier molecular flexibility index (Phi) is 6.59. The maximum absolute atomic E-state index is 12.3. The first-order chi connectivity index (χ1) is 11.1. The Bertz CT molecular complexity index is 673. The Morgan fingerprint density at radius 2 is 2.00 bits per heavy atom. The molecule has 1 heterocycles. The summed E-state index contributed by atoms with van der Waals surface area (Å²) in [5.41, 5.74) is 3.17. The summed E-state index contributed by atoms with van der Waals surface area (Å²) in [4.78, 5) is 16.5. The lowest BCUT2D eigenvalue weighted by Crippen LogP contribution is -2.14. The molecule has 4 nitrogen and oxygen atoms in total. The van der Waals surface area contributed by atoms with Gasteiger partial charge in [-0.15, -0.1) is 0 Å². The van der Waals surface area contributed by atoms with E-state index in [1.165, 1.54) is 12.8 Å². The molecule has 1 amide bonds. The third-order valence-electron chi connectivity index (χ3n) is 3.52. The first-order valence-electron chi connectivity index (χ1n) is 7.87. The molecule has 0 radical (unpaired) electrons. The van der Waals surface area contributed by atoms with Crippen LogP contribution in [0.25, 0.3) is 0 Å². The average Bonchev–Trinajstić information content (AvgIpc) is 2.55. The van der Waals surface area contributed by atoms with Gasteiger partial charge in [0.1, 0.15) is 5.69 Å². The van der Waals surface area contributed by atoms with Crippen molar-refractivity contribution < 1.29 is 4.79 Å². The van der Waals surface area contributed by atoms with E-state index in [2.05, 4.69) is 38.5 Å². The van der Waals surface area contributed by atoms with Gasteiger partial charge in [-0.1, -0.05) is 35.7 Å². The van der Waals surface area contributed by atoms with Crippen molar-refractivity contribution in [2.45, 2.75) is 33.1 Å². The van der Waals surface area contributed by atoms with E-state index < -0.39 is 0 Å². The van der Waals surface area contributed by atoms with Crippen LogP contribution in [-0.2, 0) is 0 Å². The molecule has 0 atom stereocenters. The third kappa shape index (κ3) is 5.36. The number of amides is 1. The highest BCUT2D eigenvalue weighted by atomic mass is 79.9. The number of carbonyl (C=O) groups excluding carboxylic acids is 1. The van der Waals surface area contributed by atoms with Crippen LogP contribution in [0.3, 0.4) is 0 Å². The molecule has 0 bridgehead atoms. The zero-order valence-electron chi connectivity index (χ0n) is 13.5. The summed E-state index contributed by atoms with van der Waals surface area (Å²) in [6.45, 7) is 5.07. The summed E-state index contributed by atoms with van der Waals surface area (Å²) in [6, 6.07) is 9.38. The first kappa shape index (κ1) is 17.5. The van der Waals surface area contributed by atoms with Crippen molar-refractivity contribution in [2.24, 2.45) is 0 Å². The van der Waals surface area contributed by atoms with Gasteiger partial charge < -0.3 is 10.6 Å². The lowest BCUT2D eigenvalue weighted by Gasteiger charge is -2.09. The summed E-state index contributed by atoms with van der Waals surface area (Å²) in [6.07, 6.45) is 5.18. The Morgan fingerprint density at radius 1 is 1.17 bits per heavy atom. The van der Waals surface area contributed by atoms with E-state index in [4.69, 9.17) is 0 Å². The van der Waals surface area contributed by atoms with E-state index in [0.717, 1.165) is 34.4 Å². The molecule has 2 rings (SSSR count). The van der Waals surface area contributed by atoms with Crippen LogP contribution in [0.2, 0.25) is 0 Å². The minimum Gasteiger partial charge on any atom is -0.385 e. The van der Waals surface area contributed by atoms with Gasteiger partial charge in [-0.25, -0.2) is 0 Å². The molecule has 122 valence electrons. The fraction of sp³-hybridized carbons (Fsp3) is 0.333. The molecule has 0 fully saturated rings. The summed E-state index contributed by atoms with van der Waals surface area (Å²) in [7, 11) is 0. The van der Waals surface area contributed by atoms with Crippen molar-refractivity contribution >= 4 is 33.2 Å². The Balaban J connectivity index is 2.00. The molecular formula is C18H22BrN3O. The average molecular weight is 376 g/mol. The standard InChI is InChI=1S/C18H22BrN3O/c1-3-4-5-9-20-14-8-10-21-17(12-14)18(23)22-15-6-7-16(19)13(2)11-15/h6-8,10-12H,3-5,9H2,1-2H3,(H,20,21)(H,22,23). The number of nitrogens with zero attached hydrogens (tertiary/aromatic N) is 1. The lowest BCUT2D eigenvalue weighted by atomic mass is 10.2. The number of pyridine rings is 1. The van der Waals surface area contributed by atoms with Crippen molar-refractivity contribution in [3.8, 4) is 0 Å². The molecule has 0 aliphatic carbocycles. The number of anilines is 2. The smallest absolute Gasteiger partial charge is 0.274 e. The van der Waals surface area contributed by atoms with Gasteiger partial charge in [0.2, 0.25) is 0 Å². The van der Waals surface area contributed by atoms with Crippen LogP contribution in [0, 0.1) is 6.92 Å². The van der Waals surface area contributed by atoms with E-state index in [-0.39, 0.29) is 5.91 Å². The molecule has 0 aliphatic rings. The first-order valence-corrected chi connectivity index (χ1v) is 8.67. The summed E-state index contributed by atoms with van der Waals surface area (Å²) >= 11 is 3.45. The van der Waals surface area contributed by atoms with Gasteiger partial charge in [0, 0.05) is 28.6 Å². The fourth-order valence-corrected chi connectivity index (χ4v) is 2.44. The molecule has 2 aromatic rings. The second kappa shape index (κ2) is 8.67. The molecule has 2 N–H and O–H groups in total. The van der Waals surface area contributed by atoms with Crippen LogP contribution in [0.5, 0.6) is 0 Å². The van der Waals surface area contributed by atoms with E-state index in [9.17, 15) is 4.79 Å². The van der Waals surface area contributed by atoms with Crippen LogP contribution >= 0.6 is 15.9 Å². The van der Waals surface area contributed by atoms with Crippen LogP contribution in [0.15, 0.2) is 41.0 Å². The predicted octanol–water partition coefficient (Wildman–Crippen LogP) is 5.01. The SMILES string of the molecule is CCCCCNc1ccnc(C(=O)Nc2ccc(Br)c(C)c2)c1. The third-order valence-corrected chi connectivity index (χ3v) is 4.41. The van der Waals surface area contributed by atoms with Crippen molar-refractivity contribution in [1.29, 1.82) is 0 Å². The quantitative estimate of drug-likeness (QED) is 0.668. The molecule has 0 unspecified atom stereocenters. The summed E-state index contributed by atoms with van der Waals surface area (Å²) < 4.78 is 1.02. The maximum atomic E-state index is 12.3. The number of aromatic nitrogens is 1. The highest BCUT2D eigenvalue weighted by Crippen LogP contribution is 2.20. The molecule has 0 aliphatic heterocycles. The monoisotopic (exact) mass is 375 g/mol. The largest absolute Gasteiger partial charge is 0.385 e. The molecule has 23 heavy (non-hydrogen) atoms. The maximum Gasteiger partial charge on any atom is 0.274 e. The number of aryl methyl sites for hydroxylation is 1. The van der Waals surface area contributed by atoms with E-state index in [1.807, 2.05) is 31.2 Å². The normalized spacial score (nSPS) is 10.4. The number of unbranched alkanes of at least 4 members (excludes halogenated alkanes) is 2. The minimum atomic E-state index is -0.205. The highest BCUT2D eigenvalue weighted by Gasteiger charge is 2.09. The van der Waals surface area contributed by atoms with Crippen LogP contribution in [0.1, 0.15) is 42.2 Å². The van der Waals surface area contributed by atoms with Crippen molar-refractivity contribution in [3.05, 3.63) is 52.3 Å². The molecule has 0 saturated heterocycles. The van der Waals surface area contributed by atoms with Gasteiger partial charge in [-0.3, -0.25) is 9.78 Å². The van der Waals surface area contributed by atoms with E-state index in [1.54, 1.807) is 12.3 Å². The highest BCUT2D eigenvalue weighted by molar-refractivity contribution is 9.10. The molecule has 1 aromatic carbocycles. The zero-order chi connectivity index (χ0) is 16.7. The molecule has 1 aromatic heterocycles. The van der Waals surface area contributed by atoms with Crippen LogP contribution < -0.4 is 10.6 Å². The van der Waals surface area contributed by atoms with Crippen LogP contribution in [-0.4, -0.2) is 17.4 Å². The van der Waals surface area contributed by atoms with Gasteiger partial charge in [-0.2, -0.15) is 0 Å². The number of rotatable bonds is 7. The van der Waals surface area contributed by atoms with Gasteiger partial charge in [-0.05, 0) is 49.2 Å². The van der Waals surface area contributed by atoms with Gasteiger partial charge in [0.05, 0.1) is 0 Å². The zero-order valence-corrected chi connectivity index (χ0v) is 15.1. The predicted molar refractivity (Wildman–Crippen MR) is 99.1 cm³/mol. The van der Waals surface area contributed by atoms with Gasteiger partial charge in [0.15, 0.2) is 0 Å². The minimum absolute atomic E-state index is 0.205. The van der Waals surface area contributed by atoms with Gasteiger partial charge in [0.25, 0.3) is 5.91 Å². The lowest BCUT2D eigenvalue weighted by molar-refractivity contribution is 0.102. The van der Waals surface area contributed by atoms with Gasteiger partial charge >= 0.3 is 0 Å². The van der Waals surface area contributed by atoms with Crippen molar-refractivity contribution in [3.63, 3.8) is 0 Å². The van der Waals surface area contributed by atoms with Crippen molar-refractivity contribution in [1.82, 2.24) is 4.98 Å². The number of nitrogens with one attached hydrogen (secondary N) is 2. The van der Waals surface area contributed by atoms with Crippen LogP contribution in [0.4, 0.5) is 11.4 Å². The summed E-state index contributed by atoms with van der Waals surface area (Å²) in [5, 5.41) is 6.21. The number of halogens is 1. The molecular weight excluding hydrogens is 354 g/mol. The fourth-order valence-electron chi connectivity index (χ4n) is 2.19. The molecule has 0 spiro atoms. The Hall–Kier alpha value is -1.88. The second-order valence-electron chi connectivity index (χ2n) is 5.48. The topological polar surface area (TPSA) is 54.0 Å². The Labute approximate surface area is 145 Å². The summed E-state index contributed by atoms with van der Waals surface area (Å²) in [5.74, 6) is -0.205. The number of hydrogen-bond acceptors (Lipinski definition) is 3. The number of benzene rings is 1.